The van der Waals surface area contributed by atoms with Gasteiger partial charge in [0.25, 0.3) is 0 Å². The molecule has 0 radical (unpaired) electrons. The Kier molecular flexibility index (Phi) is 3.12. The number of nitrogens with zero attached hydrogens (tertiary/aromatic N) is 2. The van der Waals surface area contributed by atoms with Crippen molar-refractivity contribution in [1.29, 1.82) is 0 Å². The summed E-state index contributed by atoms with van der Waals surface area (Å²) in [7, 11) is 1.92. The van der Waals surface area contributed by atoms with Crippen molar-refractivity contribution >= 4 is 11.6 Å². The zero-order valence-corrected chi connectivity index (χ0v) is 8.23. The lowest BCUT2D eigenvalue weighted by atomic mass is 10.3. The summed E-state index contributed by atoms with van der Waals surface area (Å²) in [6.45, 7) is 2.66. The van der Waals surface area contributed by atoms with E-state index < -0.39 is 0 Å². The van der Waals surface area contributed by atoms with Crippen molar-refractivity contribution in [3.8, 4) is 0 Å². The molecule has 68 valence electrons. The highest BCUT2D eigenvalue weighted by Crippen LogP contribution is 2.16. The van der Waals surface area contributed by atoms with Gasteiger partial charge in [0, 0.05) is 19.9 Å². The van der Waals surface area contributed by atoms with E-state index in [2.05, 4.69) is 11.9 Å². The van der Waals surface area contributed by atoms with E-state index >= 15 is 0 Å². The van der Waals surface area contributed by atoms with E-state index in [9.17, 15) is 0 Å². The third kappa shape index (κ3) is 1.62. The maximum absolute atomic E-state index is 6.02. The summed E-state index contributed by atoms with van der Waals surface area (Å²) in [4.78, 5) is 4.37. The van der Waals surface area contributed by atoms with Gasteiger partial charge >= 0.3 is 0 Å². The smallest absolute Gasteiger partial charge is 0.131 e. The molecule has 0 saturated heterocycles. The predicted molar refractivity (Wildman–Crippen MR) is 50.4 cm³/mol. The summed E-state index contributed by atoms with van der Waals surface area (Å²) in [6, 6.07) is 0. The number of nitrogens with two attached hydrogens (primary N) is 1. The zero-order valence-electron chi connectivity index (χ0n) is 7.47. The summed E-state index contributed by atoms with van der Waals surface area (Å²) < 4.78 is 1.91. The van der Waals surface area contributed by atoms with Crippen LogP contribution >= 0.6 is 11.6 Å². The lowest BCUT2D eigenvalue weighted by Crippen LogP contribution is -2.03. The van der Waals surface area contributed by atoms with Gasteiger partial charge in [0.15, 0.2) is 0 Å². The molecule has 1 heterocycles. The van der Waals surface area contributed by atoms with Crippen LogP contribution in [0.25, 0.3) is 0 Å². The third-order valence-corrected chi connectivity index (χ3v) is 2.35. The molecule has 3 nitrogen and oxygen atoms in total. The highest BCUT2D eigenvalue weighted by atomic mass is 35.5. The molecule has 0 saturated carbocycles. The molecule has 1 rings (SSSR count). The van der Waals surface area contributed by atoms with E-state index in [1.165, 1.54) is 0 Å². The van der Waals surface area contributed by atoms with E-state index in [0.717, 1.165) is 29.5 Å². The fraction of sp³-hybridized carbons (Fsp3) is 0.625. The molecule has 0 fully saturated rings. The zero-order chi connectivity index (χ0) is 9.14. The summed E-state index contributed by atoms with van der Waals surface area (Å²) in [5, 5.41) is 0.720. The Morgan fingerprint density at radius 1 is 1.58 bits per heavy atom. The van der Waals surface area contributed by atoms with Crippen LogP contribution in [0.15, 0.2) is 0 Å². The Hall–Kier alpha value is -0.540. The molecule has 0 aliphatic heterocycles. The van der Waals surface area contributed by atoms with E-state index in [1.54, 1.807) is 0 Å². The van der Waals surface area contributed by atoms with Crippen LogP contribution in [0, 0.1) is 0 Å². The van der Waals surface area contributed by atoms with Gasteiger partial charge in [0.05, 0.1) is 5.69 Å². The Bertz CT molecular complexity index is 268. The molecule has 12 heavy (non-hydrogen) atoms. The van der Waals surface area contributed by atoms with E-state index in [1.807, 2.05) is 11.6 Å². The monoisotopic (exact) mass is 187 g/mol. The molecule has 0 atom stereocenters. The van der Waals surface area contributed by atoms with Crippen LogP contribution in [0.1, 0.15) is 18.4 Å². The Morgan fingerprint density at radius 3 is 2.67 bits per heavy atom. The van der Waals surface area contributed by atoms with Crippen LogP contribution in [0.4, 0.5) is 0 Å². The molecule has 4 heteroatoms. The average Bonchev–Trinajstić information content (AvgIpc) is 2.33. The second-order valence-corrected chi connectivity index (χ2v) is 3.07. The number of halogens is 1. The van der Waals surface area contributed by atoms with Gasteiger partial charge < -0.3 is 10.3 Å². The number of hydrogen-bond donors (Lipinski definition) is 1. The van der Waals surface area contributed by atoms with Gasteiger partial charge in [-0.1, -0.05) is 18.5 Å². The van der Waals surface area contributed by atoms with Gasteiger partial charge in [-0.05, 0) is 6.54 Å². The van der Waals surface area contributed by atoms with Crippen molar-refractivity contribution < 1.29 is 0 Å². The summed E-state index contributed by atoms with van der Waals surface area (Å²) in [6.07, 6.45) is 1.66. The number of aryl methyl sites for hydroxylation is 1. The molecule has 1 aromatic rings. The summed E-state index contributed by atoms with van der Waals surface area (Å²) in [5.41, 5.74) is 6.34. The molecular weight excluding hydrogens is 174 g/mol. The van der Waals surface area contributed by atoms with E-state index in [-0.39, 0.29) is 0 Å². The van der Waals surface area contributed by atoms with Gasteiger partial charge in [-0.2, -0.15) is 0 Å². The standard InChI is InChI=1S/C8H14ClN3/c1-3-7-11-6(4-5-10)8(9)12(7)2/h3-5,10H2,1-2H3. The summed E-state index contributed by atoms with van der Waals surface area (Å²) in [5.74, 6) is 1.02. The van der Waals surface area contributed by atoms with Gasteiger partial charge in [-0.25, -0.2) is 4.98 Å². The predicted octanol–water partition coefficient (Wildman–Crippen LogP) is 1.14. The number of aromatic nitrogens is 2. The van der Waals surface area contributed by atoms with Crippen molar-refractivity contribution in [2.24, 2.45) is 12.8 Å². The largest absolute Gasteiger partial charge is 0.330 e. The normalized spacial score (nSPS) is 10.7. The average molecular weight is 188 g/mol. The minimum Gasteiger partial charge on any atom is -0.330 e. The quantitative estimate of drug-likeness (QED) is 0.771. The van der Waals surface area contributed by atoms with Crippen LogP contribution in [-0.2, 0) is 19.9 Å². The van der Waals surface area contributed by atoms with Crippen LogP contribution in [0.5, 0.6) is 0 Å². The molecule has 1 aromatic heterocycles. The molecular formula is C8H14ClN3. The van der Waals surface area contributed by atoms with Gasteiger partial charge in [-0.3, -0.25) is 0 Å². The van der Waals surface area contributed by atoms with Gasteiger partial charge in [-0.15, -0.1) is 0 Å². The van der Waals surface area contributed by atoms with Crippen LogP contribution in [0.2, 0.25) is 5.15 Å². The number of rotatable bonds is 3. The lowest BCUT2D eigenvalue weighted by molar-refractivity contribution is 0.808. The molecule has 0 amide bonds. The molecule has 0 bridgehead atoms. The Morgan fingerprint density at radius 2 is 2.25 bits per heavy atom. The molecule has 0 unspecified atom stereocenters. The minimum atomic E-state index is 0.597. The topological polar surface area (TPSA) is 43.8 Å². The number of imidazole rings is 1. The third-order valence-electron chi connectivity index (χ3n) is 1.88. The Balaban J connectivity index is 2.98. The number of hydrogen-bond acceptors (Lipinski definition) is 2. The first-order valence-corrected chi connectivity index (χ1v) is 4.48. The lowest BCUT2D eigenvalue weighted by Gasteiger charge is -1.96. The first-order valence-electron chi connectivity index (χ1n) is 4.10. The highest BCUT2D eigenvalue weighted by Gasteiger charge is 2.09. The minimum absolute atomic E-state index is 0.597. The van der Waals surface area contributed by atoms with Crippen molar-refractivity contribution in [2.75, 3.05) is 6.54 Å². The van der Waals surface area contributed by atoms with E-state index in [4.69, 9.17) is 17.3 Å². The second-order valence-electron chi connectivity index (χ2n) is 2.72. The van der Waals surface area contributed by atoms with Crippen molar-refractivity contribution in [2.45, 2.75) is 19.8 Å². The summed E-state index contributed by atoms with van der Waals surface area (Å²) >= 11 is 6.02. The van der Waals surface area contributed by atoms with Crippen LogP contribution in [-0.4, -0.2) is 16.1 Å². The molecule has 0 aliphatic carbocycles. The molecule has 2 N–H and O–H groups in total. The fourth-order valence-corrected chi connectivity index (χ4v) is 1.43. The van der Waals surface area contributed by atoms with Crippen molar-refractivity contribution in [1.82, 2.24) is 9.55 Å². The van der Waals surface area contributed by atoms with Crippen molar-refractivity contribution in [3.63, 3.8) is 0 Å². The van der Waals surface area contributed by atoms with Crippen LogP contribution < -0.4 is 5.73 Å². The van der Waals surface area contributed by atoms with Gasteiger partial charge in [0.2, 0.25) is 0 Å². The maximum Gasteiger partial charge on any atom is 0.131 e. The molecule has 0 aromatic carbocycles. The first-order chi connectivity index (χ1) is 5.70. The first kappa shape index (κ1) is 9.55. The van der Waals surface area contributed by atoms with Gasteiger partial charge in [0.1, 0.15) is 11.0 Å². The Labute approximate surface area is 77.5 Å². The SMILES string of the molecule is CCc1nc(CCN)c(Cl)n1C. The van der Waals surface area contributed by atoms with Crippen LogP contribution in [0.3, 0.4) is 0 Å². The highest BCUT2D eigenvalue weighted by molar-refractivity contribution is 6.30. The maximum atomic E-state index is 6.02. The van der Waals surface area contributed by atoms with Crippen molar-refractivity contribution in [3.05, 3.63) is 16.7 Å². The van der Waals surface area contributed by atoms with E-state index in [0.29, 0.717) is 6.54 Å². The second kappa shape index (κ2) is 3.92. The fourth-order valence-electron chi connectivity index (χ4n) is 1.20. The molecule has 0 aliphatic rings. The molecule has 0 spiro atoms.